The second-order valence-corrected chi connectivity index (χ2v) is 2.26. The summed E-state index contributed by atoms with van der Waals surface area (Å²) >= 11 is 0. The summed E-state index contributed by atoms with van der Waals surface area (Å²) in [4.78, 5) is 3.41. The van der Waals surface area contributed by atoms with Crippen molar-refractivity contribution in [2.24, 2.45) is 10.7 Å². The van der Waals surface area contributed by atoms with Crippen LogP contribution in [0.3, 0.4) is 0 Å². The first kappa shape index (κ1) is 9.31. The first-order valence-corrected chi connectivity index (χ1v) is 3.59. The minimum atomic E-state index is -0.328. The molecule has 0 saturated heterocycles. The van der Waals surface area contributed by atoms with E-state index in [1.807, 2.05) is 6.07 Å². The zero-order valence-corrected chi connectivity index (χ0v) is 6.90. The van der Waals surface area contributed by atoms with Gasteiger partial charge in [0.25, 0.3) is 0 Å². The molecule has 0 heterocycles. The predicted molar refractivity (Wildman–Crippen MR) is 52.2 cm³/mol. The number of benzene rings is 1. The number of ether oxygens (including phenoxy) is 1. The highest BCUT2D eigenvalue weighted by molar-refractivity contribution is 6.59. The topological polar surface area (TPSA) is 71.5 Å². The second kappa shape index (κ2) is 4.30. The molecule has 0 atom stereocenters. The summed E-state index contributed by atoms with van der Waals surface area (Å²) in [6.07, 6.45) is 0. The van der Waals surface area contributed by atoms with Crippen LogP contribution < -0.4 is 10.5 Å². The molecule has 3 N–H and O–H groups in total. The van der Waals surface area contributed by atoms with Crippen LogP contribution in [-0.2, 0) is 0 Å². The lowest BCUT2D eigenvalue weighted by molar-refractivity contribution is 0.538. The van der Waals surface area contributed by atoms with Crippen molar-refractivity contribution in [3.8, 4) is 5.75 Å². The number of amidine groups is 2. The van der Waals surface area contributed by atoms with Crippen molar-refractivity contribution in [1.82, 2.24) is 0 Å². The predicted octanol–water partition coefficient (Wildman–Crippen LogP) is 0.483. The molecule has 5 heteroatoms. The van der Waals surface area contributed by atoms with Gasteiger partial charge in [-0.1, -0.05) is 18.2 Å². The standard InChI is InChI=1S/C8H8BN3O/c9-7(10)12-8(11)13-6-4-2-1-3-5-6/h1-5H,(H3,10,11,12). The number of nitrogens with zero attached hydrogens (tertiary/aromatic N) is 1. The molecule has 0 unspecified atom stereocenters. The first-order chi connectivity index (χ1) is 6.18. The summed E-state index contributed by atoms with van der Waals surface area (Å²) in [7, 11) is 5.05. The van der Waals surface area contributed by atoms with Crippen LogP contribution in [0.5, 0.6) is 5.75 Å². The zero-order valence-electron chi connectivity index (χ0n) is 6.90. The van der Waals surface area contributed by atoms with Gasteiger partial charge < -0.3 is 10.5 Å². The van der Waals surface area contributed by atoms with Crippen molar-refractivity contribution in [3.63, 3.8) is 0 Å². The largest absolute Gasteiger partial charge is 0.425 e. The highest BCUT2D eigenvalue weighted by Crippen LogP contribution is 2.08. The summed E-state index contributed by atoms with van der Waals surface area (Å²) in [5.41, 5.74) is 4.86. The minimum Gasteiger partial charge on any atom is -0.425 e. The molecule has 13 heavy (non-hydrogen) atoms. The van der Waals surface area contributed by atoms with Crippen molar-refractivity contribution in [2.45, 2.75) is 0 Å². The molecule has 4 nitrogen and oxygen atoms in total. The smallest absolute Gasteiger partial charge is 0.315 e. The van der Waals surface area contributed by atoms with E-state index in [2.05, 4.69) is 4.99 Å². The molecule has 0 fully saturated rings. The molecule has 1 aromatic carbocycles. The average Bonchev–Trinajstić information content (AvgIpc) is 2.04. The lowest BCUT2D eigenvalue weighted by atomic mass is 10.1. The van der Waals surface area contributed by atoms with Gasteiger partial charge in [0.1, 0.15) is 5.75 Å². The van der Waals surface area contributed by atoms with Crippen LogP contribution in [0.25, 0.3) is 0 Å². The third-order valence-corrected chi connectivity index (χ3v) is 1.19. The first-order valence-electron chi connectivity index (χ1n) is 3.59. The van der Waals surface area contributed by atoms with E-state index in [1.165, 1.54) is 0 Å². The van der Waals surface area contributed by atoms with Gasteiger partial charge in [-0.05, 0) is 12.1 Å². The van der Waals surface area contributed by atoms with Crippen molar-refractivity contribution >= 4 is 19.6 Å². The van der Waals surface area contributed by atoms with Gasteiger partial charge in [-0.15, -0.1) is 0 Å². The van der Waals surface area contributed by atoms with Crippen molar-refractivity contribution < 1.29 is 4.74 Å². The molecule has 0 bridgehead atoms. The van der Waals surface area contributed by atoms with Gasteiger partial charge in [0.2, 0.25) is 0 Å². The Morgan fingerprint density at radius 3 is 2.54 bits per heavy atom. The van der Waals surface area contributed by atoms with E-state index in [0.717, 1.165) is 0 Å². The number of nitrogens with one attached hydrogen (secondary N) is 1. The van der Waals surface area contributed by atoms with Crippen LogP contribution in [0.15, 0.2) is 35.3 Å². The van der Waals surface area contributed by atoms with Crippen molar-refractivity contribution in [1.29, 1.82) is 5.41 Å². The van der Waals surface area contributed by atoms with Gasteiger partial charge in [-0.2, -0.15) is 4.99 Å². The molecule has 0 aromatic heterocycles. The zero-order chi connectivity index (χ0) is 9.68. The third kappa shape index (κ3) is 3.42. The Balaban J connectivity index is 2.61. The molecule has 0 spiro atoms. The van der Waals surface area contributed by atoms with E-state index in [9.17, 15) is 0 Å². The van der Waals surface area contributed by atoms with Gasteiger partial charge in [-0.3, -0.25) is 0 Å². The number of rotatable bonds is 1. The quantitative estimate of drug-likeness (QED) is 0.368. The second-order valence-electron chi connectivity index (χ2n) is 2.26. The third-order valence-electron chi connectivity index (χ3n) is 1.19. The van der Waals surface area contributed by atoms with Gasteiger partial charge in [0.05, 0.1) is 0 Å². The Hall–Kier alpha value is -1.78. The van der Waals surface area contributed by atoms with Crippen LogP contribution in [0, 0.1) is 5.41 Å². The minimum absolute atomic E-state index is 0.194. The number of aliphatic imine (C=N–C) groups is 1. The lowest BCUT2D eigenvalue weighted by Gasteiger charge is -2.01. The number of hydrogen-bond donors (Lipinski definition) is 2. The molecular formula is C8H8BN3O. The molecule has 0 aliphatic rings. The van der Waals surface area contributed by atoms with Crippen LogP contribution in [0.4, 0.5) is 0 Å². The summed E-state index contributed by atoms with van der Waals surface area (Å²) in [5, 5.41) is 7.19. The number of hydrogen-bond acceptors (Lipinski definition) is 2. The van der Waals surface area contributed by atoms with Gasteiger partial charge >= 0.3 is 6.02 Å². The summed E-state index contributed by atoms with van der Waals surface area (Å²) in [5.74, 6) is 0.525. The number of nitrogens with two attached hydrogens (primary N) is 1. The van der Waals surface area contributed by atoms with Gasteiger partial charge in [0.15, 0.2) is 7.85 Å². The van der Waals surface area contributed by atoms with Crippen LogP contribution in [-0.4, -0.2) is 19.6 Å². The van der Waals surface area contributed by atoms with E-state index >= 15 is 0 Å². The maximum Gasteiger partial charge on any atom is 0.315 e. The molecule has 1 aromatic rings. The monoisotopic (exact) mass is 173 g/mol. The Morgan fingerprint density at radius 2 is 2.00 bits per heavy atom. The summed E-state index contributed by atoms with van der Waals surface area (Å²) in [6, 6.07) is 8.51. The fourth-order valence-corrected chi connectivity index (χ4v) is 0.740. The summed E-state index contributed by atoms with van der Waals surface area (Å²) in [6.45, 7) is 0. The molecule has 0 aliphatic heterocycles. The summed E-state index contributed by atoms with van der Waals surface area (Å²) < 4.78 is 4.96. The molecule has 0 amide bonds. The highest BCUT2D eigenvalue weighted by atomic mass is 16.5. The van der Waals surface area contributed by atoms with Crippen LogP contribution in [0.2, 0.25) is 0 Å². The van der Waals surface area contributed by atoms with E-state index in [4.69, 9.17) is 23.7 Å². The van der Waals surface area contributed by atoms with Crippen molar-refractivity contribution in [3.05, 3.63) is 30.3 Å². The Labute approximate surface area is 77.3 Å². The molecule has 2 radical (unpaired) electrons. The maximum atomic E-state index is 7.19. The molecule has 0 saturated carbocycles. The van der Waals surface area contributed by atoms with E-state index in [-0.39, 0.29) is 11.8 Å². The van der Waals surface area contributed by atoms with Gasteiger partial charge in [0, 0.05) is 5.73 Å². The maximum absolute atomic E-state index is 7.19. The van der Waals surface area contributed by atoms with Gasteiger partial charge in [-0.25, -0.2) is 5.41 Å². The Kier molecular flexibility index (Phi) is 3.08. The molecule has 64 valence electrons. The normalized spacial score (nSPS) is 10.9. The fraction of sp³-hybridized carbons (Fsp3) is 0. The fourth-order valence-electron chi connectivity index (χ4n) is 0.740. The Bertz CT molecular complexity index is 319. The Morgan fingerprint density at radius 1 is 1.38 bits per heavy atom. The molecule has 1 rings (SSSR count). The average molecular weight is 173 g/mol. The number of para-hydroxylation sites is 1. The van der Waals surface area contributed by atoms with E-state index < -0.39 is 0 Å². The van der Waals surface area contributed by atoms with Crippen LogP contribution >= 0.6 is 0 Å². The van der Waals surface area contributed by atoms with Crippen molar-refractivity contribution in [2.75, 3.05) is 0 Å². The lowest BCUT2D eigenvalue weighted by Crippen LogP contribution is -2.15. The molecule has 0 aliphatic carbocycles. The van der Waals surface area contributed by atoms with Crippen LogP contribution in [0.1, 0.15) is 0 Å². The molecular weight excluding hydrogens is 165 g/mol. The van der Waals surface area contributed by atoms with E-state index in [1.54, 1.807) is 24.3 Å². The highest BCUT2D eigenvalue weighted by Gasteiger charge is 1.96. The van der Waals surface area contributed by atoms with E-state index in [0.29, 0.717) is 5.75 Å². The SMILES string of the molecule is [B]/C(N)=N/C(=N)Oc1ccccc1.